The predicted molar refractivity (Wildman–Crippen MR) is 118 cm³/mol. The van der Waals surface area contributed by atoms with Crippen LogP contribution in [0, 0.1) is 20.2 Å². The maximum atomic E-state index is 11.4. The second-order valence-corrected chi connectivity index (χ2v) is 6.80. The fraction of sp³-hybridized carbons (Fsp3) is 0.600. The number of hydrogen-bond acceptors (Lipinski definition) is 11. The molecule has 0 amide bonds. The molecule has 1 aromatic carbocycles. The van der Waals surface area contributed by atoms with Gasteiger partial charge in [0.1, 0.15) is 12.3 Å². The van der Waals surface area contributed by atoms with Crippen molar-refractivity contribution in [3.05, 3.63) is 38.4 Å². The SMILES string of the molecule is O=C(O)CCCCC(=O)OCCOCCOCCOCCNc1ccc([N+](=O)[O-])cc1[N+](=O)[O-]. The van der Waals surface area contributed by atoms with Crippen LogP contribution < -0.4 is 5.32 Å². The van der Waals surface area contributed by atoms with Gasteiger partial charge < -0.3 is 29.4 Å². The average Bonchev–Trinajstić information content (AvgIpc) is 2.79. The van der Waals surface area contributed by atoms with E-state index in [0.29, 0.717) is 39.3 Å². The number of non-ortho nitro benzene ring substituents is 1. The van der Waals surface area contributed by atoms with E-state index in [1.165, 1.54) is 12.1 Å². The van der Waals surface area contributed by atoms with Gasteiger partial charge in [-0.25, -0.2) is 0 Å². The third kappa shape index (κ3) is 13.2. The summed E-state index contributed by atoms with van der Waals surface area (Å²) in [5.41, 5.74) is -0.583. The maximum absolute atomic E-state index is 11.4. The lowest BCUT2D eigenvalue weighted by atomic mass is 10.2. The first-order valence-corrected chi connectivity index (χ1v) is 10.6. The smallest absolute Gasteiger partial charge is 0.305 e. The van der Waals surface area contributed by atoms with Crippen LogP contribution in [0.3, 0.4) is 0 Å². The van der Waals surface area contributed by atoms with Crippen molar-refractivity contribution >= 4 is 29.0 Å². The Hall–Kier alpha value is -3.36. The highest BCUT2D eigenvalue weighted by Gasteiger charge is 2.19. The number of nitrogens with zero attached hydrogens (tertiary/aromatic N) is 2. The molecule has 0 unspecified atom stereocenters. The Kier molecular flexibility index (Phi) is 14.5. The van der Waals surface area contributed by atoms with E-state index in [0.717, 1.165) is 6.07 Å². The molecule has 0 heterocycles. The number of carboxylic acids is 1. The Bertz CT molecular complexity index is 804. The van der Waals surface area contributed by atoms with Crippen molar-refractivity contribution in [1.82, 2.24) is 0 Å². The molecule has 0 aliphatic heterocycles. The van der Waals surface area contributed by atoms with Gasteiger partial charge >= 0.3 is 11.9 Å². The zero-order chi connectivity index (χ0) is 25.2. The van der Waals surface area contributed by atoms with E-state index in [4.69, 9.17) is 24.1 Å². The molecule has 1 rings (SSSR count). The number of ether oxygens (including phenoxy) is 4. The minimum absolute atomic E-state index is 0.0330. The van der Waals surface area contributed by atoms with Crippen molar-refractivity contribution in [3.8, 4) is 0 Å². The summed E-state index contributed by atoms with van der Waals surface area (Å²) in [7, 11) is 0. The van der Waals surface area contributed by atoms with Crippen molar-refractivity contribution < 1.29 is 43.5 Å². The second-order valence-electron chi connectivity index (χ2n) is 6.80. The number of esters is 1. The summed E-state index contributed by atoms with van der Waals surface area (Å²) in [5, 5.41) is 33.1. The van der Waals surface area contributed by atoms with Crippen molar-refractivity contribution in [2.75, 3.05) is 58.1 Å². The maximum Gasteiger partial charge on any atom is 0.305 e. The van der Waals surface area contributed by atoms with Crippen LogP contribution in [-0.2, 0) is 28.5 Å². The van der Waals surface area contributed by atoms with E-state index < -0.39 is 15.8 Å². The molecule has 14 heteroatoms. The highest BCUT2D eigenvalue weighted by atomic mass is 16.6. The number of rotatable bonds is 20. The molecule has 0 fully saturated rings. The Morgan fingerprint density at radius 3 is 2.03 bits per heavy atom. The molecule has 0 saturated carbocycles. The van der Waals surface area contributed by atoms with Crippen LogP contribution in [-0.4, -0.2) is 79.7 Å². The minimum atomic E-state index is -0.888. The lowest BCUT2D eigenvalue weighted by Crippen LogP contribution is -2.15. The fourth-order valence-electron chi connectivity index (χ4n) is 2.57. The fourth-order valence-corrected chi connectivity index (χ4v) is 2.57. The monoisotopic (exact) mass is 487 g/mol. The molecule has 190 valence electrons. The first-order chi connectivity index (χ1) is 16.3. The van der Waals surface area contributed by atoms with Gasteiger partial charge in [0, 0.05) is 25.5 Å². The molecule has 34 heavy (non-hydrogen) atoms. The lowest BCUT2D eigenvalue weighted by Gasteiger charge is -2.09. The van der Waals surface area contributed by atoms with E-state index in [1.54, 1.807) is 0 Å². The third-order valence-corrected chi connectivity index (χ3v) is 4.21. The van der Waals surface area contributed by atoms with Gasteiger partial charge in [-0.05, 0) is 18.9 Å². The molecule has 0 aliphatic rings. The summed E-state index contributed by atoms with van der Waals surface area (Å²) < 4.78 is 20.9. The van der Waals surface area contributed by atoms with Crippen LogP contribution in [0.5, 0.6) is 0 Å². The van der Waals surface area contributed by atoms with Crippen molar-refractivity contribution in [2.45, 2.75) is 25.7 Å². The van der Waals surface area contributed by atoms with E-state index >= 15 is 0 Å². The average molecular weight is 487 g/mol. The standard InChI is InChI=1S/C20H29N3O11/c24-19(25)3-1-2-4-20(26)34-14-13-33-12-11-32-10-9-31-8-7-21-17-6-5-16(22(27)28)15-18(17)23(29)30/h5-6,15,21H,1-4,7-14H2,(H,24,25). The lowest BCUT2D eigenvalue weighted by molar-refractivity contribution is -0.393. The van der Waals surface area contributed by atoms with Crippen molar-refractivity contribution in [2.24, 2.45) is 0 Å². The third-order valence-electron chi connectivity index (χ3n) is 4.21. The molecular formula is C20H29N3O11. The zero-order valence-corrected chi connectivity index (χ0v) is 18.6. The number of carbonyl (C=O) groups excluding carboxylic acids is 1. The van der Waals surface area contributed by atoms with Gasteiger partial charge in [0.15, 0.2) is 0 Å². The molecule has 0 spiro atoms. The number of unbranched alkanes of at least 4 members (excludes halogenated alkanes) is 1. The second kappa shape index (κ2) is 17.2. The highest BCUT2D eigenvalue weighted by Crippen LogP contribution is 2.28. The summed E-state index contributed by atoms with van der Waals surface area (Å²) >= 11 is 0. The van der Waals surface area contributed by atoms with Crippen LogP contribution in [0.4, 0.5) is 17.1 Å². The van der Waals surface area contributed by atoms with Gasteiger partial charge in [-0.2, -0.15) is 0 Å². The topological polar surface area (TPSA) is 190 Å². The number of nitro groups is 2. The van der Waals surface area contributed by atoms with Gasteiger partial charge in [-0.3, -0.25) is 29.8 Å². The number of aliphatic carboxylic acids is 1. The zero-order valence-electron chi connectivity index (χ0n) is 18.6. The number of nitrogens with one attached hydrogen (secondary N) is 1. The van der Waals surface area contributed by atoms with Crippen LogP contribution >= 0.6 is 0 Å². The largest absolute Gasteiger partial charge is 0.481 e. The summed E-state index contributed by atoms with van der Waals surface area (Å²) in [6.45, 7) is 2.08. The first-order valence-electron chi connectivity index (χ1n) is 10.6. The summed E-state index contributed by atoms with van der Waals surface area (Å²) in [6.07, 6.45) is 1.11. The van der Waals surface area contributed by atoms with Gasteiger partial charge in [-0.15, -0.1) is 0 Å². The number of benzene rings is 1. The Balaban J connectivity index is 1.97. The summed E-state index contributed by atoms with van der Waals surface area (Å²) in [5.74, 6) is -1.28. The summed E-state index contributed by atoms with van der Waals surface area (Å²) in [4.78, 5) is 42.2. The Labute approximate surface area is 195 Å². The molecular weight excluding hydrogens is 458 g/mol. The molecule has 0 aromatic heterocycles. The van der Waals surface area contributed by atoms with E-state index in [-0.39, 0.29) is 62.2 Å². The van der Waals surface area contributed by atoms with E-state index in [9.17, 15) is 29.8 Å². The molecule has 0 saturated heterocycles. The number of nitro benzene ring substituents is 2. The predicted octanol–water partition coefficient (Wildman–Crippen LogP) is 2.15. The van der Waals surface area contributed by atoms with Crippen LogP contribution in [0.2, 0.25) is 0 Å². The molecule has 1 aromatic rings. The number of carboxylic acid groups (broad SMARTS) is 1. The van der Waals surface area contributed by atoms with Crippen LogP contribution in [0.1, 0.15) is 25.7 Å². The van der Waals surface area contributed by atoms with Gasteiger partial charge in [0.25, 0.3) is 11.4 Å². The molecule has 2 N–H and O–H groups in total. The highest BCUT2D eigenvalue weighted by molar-refractivity contribution is 5.69. The van der Waals surface area contributed by atoms with Gasteiger partial charge in [0.2, 0.25) is 0 Å². The molecule has 0 radical (unpaired) electrons. The number of carbonyl (C=O) groups is 2. The molecule has 0 aliphatic carbocycles. The van der Waals surface area contributed by atoms with Gasteiger partial charge in [0.05, 0.1) is 55.6 Å². The van der Waals surface area contributed by atoms with Crippen LogP contribution in [0.15, 0.2) is 18.2 Å². The van der Waals surface area contributed by atoms with E-state index in [2.05, 4.69) is 5.32 Å². The van der Waals surface area contributed by atoms with Crippen molar-refractivity contribution in [1.29, 1.82) is 0 Å². The summed E-state index contributed by atoms with van der Waals surface area (Å²) in [6, 6.07) is 3.36. The molecule has 0 atom stereocenters. The number of hydrogen-bond donors (Lipinski definition) is 2. The molecule has 0 bridgehead atoms. The van der Waals surface area contributed by atoms with Gasteiger partial charge in [-0.1, -0.05) is 0 Å². The minimum Gasteiger partial charge on any atom is -0.481 e. The van der Waals surface area contributed by atoms with Crippen molar-refractivity contribution in [3.63, 3.8) is 0 Å². The quantitative estimate of drug-likeness (QED) is 0.118. The first kappa shape index (κ1) is 28.7. The molecule has 14 nitrogen and oxygen atoms in total. The normalized spacial score (nSPS) is 10.6. The Morgan fingerprint density at radius 1 is 0.853 bits per heavy atom. The number of anilines is 1. The Morgan fingerprint density at radius 2 is 1.44 bits per heavy atom. The van der Waals surface area contributed by atoms with E-state index in [1.807, 2.05) is 0 Å². The van der Waals surface area contributed by atoms with Crippen LogP contribution in [0.25, 0.3) is 0 Å².